The minimum atomic E-state index is -0.724. The van der Waals surface area contributed by atoms with Gasteiger partial charge < -0.3 is 20.9 Å². The number of hydrogen-bond donors (Lipinski definition) is 2. The first-order valence-electron chi connectivity index (χ1n) is 9.17. The van der Waals surface area contributed by atoms with Crippen LogP contribution >= 0.6 is 0 Å². The van der Waals surface area contributed by atoms with Crippen LogP contribution in [0.4, 0.5) is 11.4 Å². The van der Waals surface area contributed by atoms with Crippen molar-refractivity contribution in [3.05, 3.63) is 23.8 Å². The number of carbonyl (C=O) groups is 4. The van der Waals surface area contributed by atoms with Crippen molar-refractivity contribution in [1.82, 2.24) is 4.90 Å². The molecule has 3 N–H and O–H groups in total. The molecule has 1 aromatic carbocycles. The van der Waals surface area contributed by atoms with E-state index >= 15 is 0 Å². The van der Waals surface area contributed by atoms with Crippen LogP contribution in [-0.2, 0) is 25.6 Å². The van der Waals surface area contributed by atoms with E-state index in [1.165, 1.54) is 11.8 Å². The molecule has 0 aliphatic carbocycles. The van der Waals surface area contributed by atoms with Gasteiger partial charge in [-0.2, -0.15) is 0 Å². The lowest BCUT2D eigenvalue weighted by molar-refractivity contribution is -0.144. The average molecular weight is 372 g/mol. The second kappa shape index (κ2) is 7.77. The standard InChI is InChI=1S/C19H24N4O4/c1-12(24)23-8-2-3-13-4-5-15(11-16(13)23)21-18(26)19(27)22-9-6-14(7-10-22)17(20)25/h4-5,11,14H,2-3,6-10H2,1H3,(H2,20,25)(H,21,26). The number of benzene rings is 1. The summed E-state index contributed by atoms with van der Waals surface area (Å²) in [7, 11) is 0. The first kappa shape index (κ1) is 18.9. The van der Waals surface area contributed by atoms with Crippen molar-refractivity contribution in [2.75, 3.05) is 29.9 Å². The van der Waals surface area contributed by atoms with Crippen molar-refractivity contribution < 1.29 is 19.2 Å². The van der Waals surface area contributed by atoms with Gasteiger partial charge >= 0.3 is 11.8 Å². The summed E-state index contributed by atoms with van der Waals surface area (Å²) in [5.74, 6) is -2.00. The second-order valence-electron chi connectivity index (χ2n) is 7.04. The number of amides is 4. The van der Waals surface area contributed by atoms with E-state index in [-0.39, 0.29) is 17.7 Å². The molecule has 2 aliphatic rings. The summed E-state index contributed by atoms with van der Waals surface area (Å²) in [6, 6.07) is 5.36. The number of hydrogen-bond acceptors (Lipinski definition) is 4. The Balaban J connectivity index is 1.66. The minimum absolute atomic E-state index is 0.0483. The highest BCUT2D eigenvalue weighted by Gasteiger charge is 2.29. The molecule has 2 heterocycles. The van der Waals surface area contributed by atoms with E-state index in [2.05, 4.69) is 5.32 Å². The van der Waals surface area contributed by atoms with E-state index in [1.54, 1.807) is 17.0 Å². The van der Waals surface area contributed by atoms with Crippen LogP contribution < -0.4 is 16.0 Å². The van der Waals surface area contributed by atoms with Gasteiger partial charge in [-0.25, -0.2) is 0 Å². The Hall–Kier alpha value is -2.90. The van der Waals surface area contributed by atoms with Crippen LogP contribution in [0.3, 0.4) is 0 Å². The number of anilines is 2. The largest absolute Gasteiger partial charge is 0.369 e. The summed E-state index contributed by atoms with van der Waals surface area (Å²) in [6.45, 7) is 2.83. The van der Waals surface area contributed by atoms with Crippen molar-refractivity contribution in [3.8, 4) is 0 Å². The third-order valence-electron chi connectivity index (χ3n) is 5.22. The molecule has 0 atom stereocenters. The van der Waals surface area contributed by atoms with Crippen LogP contribution in [0.15, 0.2) is 18.2 Å². The maximum absolute atomic E-state index is 12.4. The molecular weight excluding hydrogens is 348 g/mol. The molecular formula is C19H24N4O4. The number of nitrogens with two attached hydrogens (primary N) is 1. The molecule has 0 saturated carbocycles. The first-order chi connectivity index (χ1) is 12.9. The number of likely N-dealkylation sites (tertiary alicyclic amines) is 1. The number of fused-ring (bicyclic) bond motifs is 1. The van der Waals surface area contributed by atoms with Gasteiger partial charge in [0.05, 0.1) is 0 Å². The van der Waals surface area contributed by atoms with Crippen molar-refractivity contribution in [1.29, 1.82) is 0 Å². The van der Waals surface area contributed by atoms with Gasteiger partial charge in [0.25, 0.3) is 0 Å². The molecule has 3 rings (SSSR count). The normalized spacial score (nSPS) is 17.2. The molecule has 0 bridgehead atoms. The van der Waals surface area contributed by atoms with Gasteiger partial charge in [-0.3, -0.25) is 19.2 Å². The van der Waals surface area contributed by atoms with Crippen molar-refractivity contribution in [2.45, 2.75) is 32.6 Å². The Morgan fingerprint density at radius 2 is 1.81 bits per heavy atom. The number of nitrogens with one attached hydrogen (secondary N) is 1. The Morgan fingerprint density at radius 1 is 1.11 bits per heavy atom. The summed E-state index contributed by atoms with van der Waals surface area (Å²) in [5, 5.41) is 2.62. The highest BCUT2D eigenvalue weighted by Crippen LogP contribution is 2.30. The van der Waals surface area contributed by atoms with Crippen molar-refractivity contribution >= 4 is 35.0 Å². The third-order valence-corrected chi connectivity index (χ3v) is 5.22. The zero-order valence-corrected chi connectivity index (χ0v) is 15.4. The second-order valence-corrected chi connectivity index (χ2v) is 7.04. The van der Waals surface area contributed by atoms with Crippen LogP contribution in [0.5, 0.6) is 0 Å². The van der Waals surface area contributed by atoms with Gasteiger partial charge in [-0.1, -0.05) is 6.07 Å². The molecule has 8 heteroatoms. The van der Waals surface area contributed by atoms with E-state index in [1.807, 2.05) is 6.07 Å². The Bertz CT molecular complexity index is 784. The number of rotatable bonds is 2. The number of piperidine rings is 1. The fourth-order valence-corrected chi connectivity index (χ4v) is 3.67. The van der Waals surface area contributed by atoms with Crippen molar-refractivity contribution in [3.63, 3.8) is 0 Å². The maximum atomic E-state index is 12.4. The van der Waals surface area contributed by atoms with Gasteiger partial charge in [-0.15, -0.1) is 0 Å². The predicted molar refractivity (Wildman–Crippen MR) is 99.9 cm³/mol. The molecule has 0 aromatic heterocycles. The predicted octanol–water partition coefficient (Wildman–Crippen LogP) is 0.648. The summed E-state index contributed by atoms with van der Waals surface area (Å²) < 4.78 is 0. The Morgan fingerprint density at radius 3 is 2.44 bits per heavy atom. The van der Waals surface area contributed by atoms with Gasteiger partial charge in [0, 0.05) is 43.9 Å². The monoisotopic (exact) mass is 372 g/mol. The molecule has 2 aliphatic heterocycles. The molecule has 0 spiro atoms. The topological polar surface area (TPSA) is 113 Å². The molecule has 8 nitrogen and oxygen atoms in total. The van der Waals surface area contributed by atoms with Crippen LogP contribution in [0.2, 0.25) is 0 Å². The van der Waals surface area contributed by atoms with Crippen molar-refractivity contribution in [2.24, 2.45) is 11.7 Å². The minimum Gasteiger partial charge on any atom is -0.369 e. The fourth-order valence-electron chi connectivity index (χ4n) is 3.67. The summed E-state index contributed by atoms with van der Waals surface area (Å²) in [4.78, 5) is 50.9. The van der Waals surface area contributed by atoms with Crippen LogP contribution in [0.1, 0.15) is 31.7 Å². The van der Waals surface area contributed by atoms with Gasteiger partial charge in [0.2, 0.25) is 11.8 Å². The van der Waals surface area contributed by atoms with E-state index in [0.717, 1.165) is 24.1 Å². The van der Waals surface area contributed by atoms with E-state index < -0.39 is 11.8 Å². The van der Waals surface area contributed by atoms with E-state index in [4.69, 9.17) is 5.73 Å². The SMILES string of the molecule is CC(=O)N1CCCc2ccc(NC(=O)C(=O)N3CCC(C(N)=O)CC3)cc21. The summed E-state index contributed by atoms with van der Waals surface area (Å²) >= 11 is 0. The lowest BCUT2D eigenvalue weighted by atomic mass is 9.96. The van der Waals surface area contributed by atoms with E-state index in [0.29, 0.717) is 38.2 Å². The smallest absolute Gasteiger partial charge is 0.313 e. The zero-order valence-electron chi connectivity index (χ0n) is 15.4. The maximum Gasteiger partial charge on any atom is 0.313 e. The molecule has 4 amide bonds. The van der Waals surface area contributed by atoms with E-state index in [9.17, 15) is 19.2 Å². The summed E-state index contributed by atoms with van der Waals surface area (Å²) in [6.07, 6.45) is 2.72. The Labute approximate surface area is 157 Å². The van der Waals surface area contributed by atoms with Gasteiger partial charge in [-0.05, 0) is 43.4 Å². The average Bonchev–Trinajstić information content (AvgIpc) is 2.66. The van der Waals surface area contributed by atoms with Crippen LogP contribution in [0, 0.1) is 5.92 Å². The first-order valence-corrected chi connectivity index (χ1v) is 9.17. The molecule has 1 fully saturated rings. The number of primary amides is 1. The number of aryl methyl sites for hydroxylation is 1. The molecule has 27 heavy (non-hydrogen) atoms. The quantitative estimate of drug-likeness (QED) is 0.742. The fraction of sp³-hybridized carbons (Fsp3) is 0.474. The van der Waals surface area contributed by atoms with Gasteiger partial charge in [0.1, 0.15) is 0 Å². The number of nitrogens with zero attached hydrogens (tertiary/aromatic N) is 2. The lowest BCUT2D eigenvalue weighted by Gasteiger charge is -2.30. The molecule has 1 aromatic rings. The number of carbonyl (C=O) groups excluding carboxylic acids is 4. The van der Waals surface area contributed by atoms with Crippen LogP contribution in [0.25, 0.3) is 0 Å². The molecule has 0 unspecified atom stereocenters. The van der Waals surface area contributed by atoms with Gasteiger partial charge in [0.15, 0.2) is 0 Å². The Kier molecular flexibility index (Phi) is 5.43. The molecule has 144 valence electrons. The summed E-state index contributed by atoms with van der Waals surface area (Å²) in [5.41, 5.74) is 7.60. The molecule has 1 saturated heterocycles. The molecule has 0 radical (unpaired) electrons. The third kappa shape index (κ3) is 4.10. The lowest BCUT2D eigenvalue weighted by Crippen LogP contribution is -2.46. The zero-order chi connectivity index (χ0) is 19.6. The highest BCUT2D eigenvalue weighted by atomic mass is 16.2. The van der Waals surface area contributed by atoms with Crippen LogP contribution in [-0.4, -0.2) is 48.2 Å². The highest BCUT2D eigenvalue weighted by molar-refractivity contribution is 6.39.